The Hall–Kier alpha value is -3.54. The topological polar surface area (TPSA) is 119 Å². The van der Waals surface area contributed by atoms with Gasteiger partial charge in [-0.1, -0.05) is 23.5 Å². The molecule has 2 aromatic heterocycles. The van der Waals surface area contributed by atoms with Gasteiger partial charge in [-0.2, -0.15) is 13.9 Å². The summed E-state index contributed by atoms with van der Waals surface area (Å²) in [5.74, 6) is -0.146. The van der Waals surface area contributed by atoms with Crippen LogP contribution in [0.15, 0.2) is 36.4 Å². The lowest BCUT2D eigenvalue weighted by molar-refractivity contribution is -0.159. The molecule has 9 nitrogen and oxygen atoms in total. The van der Waals surface area contributed by atoms with Crippen molar-refractivity contribution in [1.82, 2.24) is 25.7 Å². The van der Waals surface area contributed by atoms with Gasteiger partial charge >= 0.3 is 6.11 Å². The van der Waals surface area contributed by atoms with Crippen molar-refractivity contribution in [2.75, 3.05) is 5.32 Å². The smallest absolute Gasteiger partial charge is 0.394 e. The van der Waals surface area contributed by atoms with E-state index in [4.69, 9.17) is 0 Å². The van der Waals surface area contributed by atoms with Crippen molar-refractivity contribution >= 4 is 29.0 Å². The molecule has 0 aliphatic carbocycles. The van der Waals surface area contributed by atoms with Crippen LogP contribution in [0.25, 0.3) is 0 Å². The summed E-state index contributed by atoms with van der Waals surface area (Å²) in [5.41, 5.74) is 1.44. The molecule has 2 amide bonds. The van der Waals surface area contributed by atoms with E-state index >= 15 is 0 Å². The van der Waals surface area contributed by atoms with Gasteiger partial charge in [-0.15, -0.1) is 15.3 Å². The average Bonchev–Trinajstić information content (AvgIpc) is 3.24. The van der Waals surface area contributed by atoms with E-state index < -0.39 is 6.11 Å². The molecule has 0 atom stereocenters. The minimum Gasteiger partial charge on any atom is -0.433 e. The Labute approximate surface area is 199 Å². The van der Waals surface area contributed by atoms with E-state index in [2.05, 4.69) is 35.8 Å². The van der Waals surface area contributed by atoms with Crippen molar-refractivity contribution in [2.24, 2.45) is 0 Å². The number of halogens is 2. The molecule has 0 spiro atoms. The van der Waals surface area contributed by atoms with Crippen LogP contribution in [0.5, 0.6) is 5.75 Å². The molecule has 0 aliphatic heterocycles. The number of rotatable bonds is 11. The van der Waals surface area contributed by atoms with Gasteiger partial charge in [-0.05, 0) is 49.1 Å². The van der Waals surface area contributed by atoms with Crippen molar-refractivity contribution in [3.05, 3.63) is 57.7 Å². The van der Waals surface area contributed by atoms with Crippen LogP contribution < -0.4 is 15.4 Å². The summed E-state index contributed by atoms with van der Waals surface area (Å²) in [5, 5.41) is 22.3. The highest BCUT2D eigenvalue weighted by Crippen LogP contribution is 2.22. The molecule has 0 fully saturated rings. The number of aromatic nitrogens is 4. The van der Waals surface area contributed by atoms with Gasteiger partial charge in [0.05, 0.1) is 5.69 Å². The zero-order chi connectivity index (χ0) is 24.6. The molecule has 34 heavy (non-hydrogen) atoms. The molecule has 180 valence electrons. The van der Waals surface area contributed by atoms with E-state index in [1.165, 1.54) is 30.4 Å². The Bertz CT molecular complexity index is 1120. The van der Waals surface area contributed by atoms with Gasteiger partial charge in [0, 0.05) is 26.8 Å². The van der Waals surface area contributed by atoms with Gasteiger partial charge in [0.25, 0.3) is 5.91 Å². The van der Waals surface area contributed by atoms with Crippen LogP contribution in [0.1, 0.15) is 52.8 Å². The van der Waals surface area contributed by atoms with E-state index in [-0.39, 0.29) is 29.1 Å². The minimum absolute atomic E-state index is 0.0205. The van der Waals surface area contributed by atoms with E-state index in [9.17, 15) is 18.4 Å². The van der Waals surface area contributed by atoms with Crippen LogP contribution in [-0.4, -0.2) is 38.3 Å². The lowest BCUT2D eigenvalue weighted by Crippen LogP contribution is -2.23. The molecule has 3 rings (SSSR count). The fourth-order valence-corrected chi connectivity index (χ4v) is 3.75. The first-order chi connectivity index (χ1) is 16.2. The predicted octanol–water partition coefficient (Wildman–Crippen LogP) is 3.77. The lowest BCUT2D eigenvalue weighted by atomic mass is 10.1. The van der Waals surface area contributed by atoms with E-state index in [1.54, 1.807) is 18.2 Å². The molecule has 1 aromatic carbocycles. The molecule has 2 heterocycles. The molecule has 3 aromatic rings. The number of nitrogens with zero attached hydrogens (tertiary/aromatic N) is 4. The fraction of sp³-hybridized carbons (Fsp3) is 0.364. The van der Waals surface area contributed by atoms with Crippen LogP contribution in [0.3, 0.4) is 0 Å². The zero-order valence-electron chi connectivity index (χ0n) is 18.7. The third-order valence-electron chi connectivity index (χ3n) is 4.41. The molecule has 0 aliphatic rings. The number of carbonyl (C=O) groups excluding carboxylic acids is 2. The quantitative estimate of drug-likeness (QED) is 0.393. The Morgan fingerprint density at radius 2 is 1.85 bits per heavy atom. The van der Waals surface area contributed by atoms with E-state index in [0.717, 1.165) is 30.0 Å². The third-order valence-corrected chi connectivity index (χ3v) is 5.39. The van der Waals surface area contributed by atoms with Crippen LogP contribution in [0.2, 0.25) is 0 Å². The largest absolute Gasteiger partial charge is 0.433 e. The molecule has 0 saturated carbocycles. The predicted molar refractivity (Wildman–Crippen MR) is 122 cm³/mol. The van der Waals surface area contributed by atoms with E-state index in [0.29, 0.717) is 24.7 Å². The fourth-order valence-electron chi connectivity index (χ4n) is 2.95. The van der Waals surface area contributed by atoms with Crippen LogP contribution in [-0.2, 0) is 24.2 Å². The normalized spacial score (nSPS) is 11.2. The molecule has 0 saturated heterocycles. The van der Waals surface area contributed by atoms with Crippen molar-refractivity contribution in [3.8, 4) is 5.75 Å². The van der Waals surface area contributed by atoms with Crippen molar-refractivity contribution in [1.29, 1.82) is 0 Å². The van der Waals surface area contributed by atoms with Crippen LogP contribution in [0.4, 0.5) is 14.6 Å². The number of amides is 2. The van der Waals surface area contributed by atoms with Crippen molar-refractivity contribution in [3.63, 3.8) is 0 Å². The number of alkyl halides is 2. The highest BCUT2D eigenvalue weighted by molar-refractivity contribution is 7.13. The second-order valence-corrected chi connectivity index (χ2v) is 8.60. The first-order valence-electron chi connectivity index (χ1n) is 10.5. The summed E-state index contributed by atoms with van der Waals surface area (Å²) >= 11 is 1.21. The molecule has 0 radical (unpaired) electrons. The monoisotopic (exact) mass is 490 g/mol. The highest BCUT2D eigenvalue weighted by Gasteiger charge is 2.23. The van der Waals surface area contributed by atoms with Crippen molar-refractivity contribution < 1.29 is 23.1 Å². The number of nitrogens with one attached hydrogen (secondary N) is 2. The zero-order valence-corrected chi connectivity index (χ0v) is 19.5. The summed E-state index contributed by atoms with van der Waals surface area (Å²) in [4.78, 5) is 23.4. The highest BCUT2D eigenvalue weighted by atomic mass is 32.1. The SMILES string of the molecule is CC(=O)Nc1ccc(CCCCc2nnc(C(=O)NCc3cccc(OC(C)(F)F)c3)s2)nn1. The van der Waals surface area contributed by atoms with Gasteiger partial charge in [0.15, 0.2) is 5.82 Å². The second-order valence-electron chi connectivity index (χ2n) is 7.54. The number of hydrogen-bond acceptors (Lipinski definition) is 8. The maximum Gasteiger partial charge on any atom is 0.394 e. The van der Waals surface area contributed by atoms with Crippen molar-refractivity contribution in [2.45, 2.75) is 52.2 Å². The third kappa shape index (κ3) is 8.43. The van der Waals surface area contributed by atoms with Gasteiger partial charge in [-0.25, -0.2) is 0 Å². The number of ether oxygens (including phenoxy) is 1. The minimum atomic E-state index is -3.28. The van der Waals surface area contributed by atoms with E-state index in [1.807, 2.05) is 6.07 Å². The van der Waals surface area contributed by atoms with Gasteiger partial charge in [0.2, 0.25) is 10.9 Å². The molecule has 12 heteroatoms. The second kappa shape index (κ2) is 11.5. The first-order valence-corrected chi connectivity index (χ1v) is 11.4. The summed E-state index contributed by atoms with van der Waals surface area (Å²) in [6, 6.07) is 9.68. The molecular weight excluding hydrogens is 466 g/mol. The summed E-state index contributed by atoms with van der Waals surface area (Å²) in [6.07, 6.45) is -0.194. The summed E-state index contributed by atoms with van der Waals surface area (Å²) in [6.45, 7) is 2.21. The Morgan fingerprint density at radius 1 is 1.06 bits per heavy atom. The molecule has 2 N–H and O–H groups in total. The molecular formula is C22H24F2N6O3S. The number of anilines is 1. The van der Waals surface area contributed by atoms with Gasteiger partial charge in [0.1, 0.15) is 10.8 Å². The van der Waals surface area contributed by atoms with Crippen LogP contribution in [0, 0.1) is 0 Å². The number of unbranched alkanes of at least 4 members (excludes halogenated alkanes) is 1. The number of carbonyl (C=O) groups is 2. The van der Waals surface area contributed by atoms with Gasteiger partial charge in [-0.3, -0.25) is 9.59 Å². The number of benzene rings is 1. The molecule has 0 unspecified atom stereocenters. The number of hydrogen-bond donors (Lipinski definition) is 2. The maximum atomic E-state index is 13.0. The van der Waals surface area contributed by atoms with Gasteiger partial charge < -0.3 is 15.4 Å². The summed E-state index contributed by atoms with van der Waals surface area (Å²) in [7, 11) is 0. The van der Waals surface area contributed by atoms with Crippen LogP contribution >= 0.6 is 11.3 Å². The molecule has 0 bridgehead atoms. The maximum absolute atomic E-state index is 13.0. The standard InChI is InChI=1S/C22H24F2N6O3S/c1-14(31)26-18-11-10-16(27-28-18)7-3-4-9-19-29-30-21(34-19)20(32)25-13-15-6-5-8-17(12-15)33-22(2,23)24/h5-6,8,10-12H,3-4,7,9,13H2,1-2H3,(H,25,32)(H,26,28,31). The number of aryl methyl sites for hydroxylation is 2. The average molecular weight is 491 g/mol. The Balaban J connectivity index is 1.41. The first kappa shape index (κ1) is 25.1. The lowest BCUT2D eigenvalue weighted by Gasteiger charge is -2.13. The Morgan fingerprint density at radius 3 is 2.56 bits per heavy atom. The Kier molecular flexibility index (Phi) is 8.52. The summed E-state index contributed by atoms with van der Waals surface area (Å²) < 4.78 is 30.5.